The van der Waals surface area contributed by atoms with Gasteiger partial charge in [0.15, 0.2) is 6.19 Å². The molecule has 0 aromatic carbocycles. The Labute approximate surface area is 95.9 Å². The summed E-state index contributed by atoms with van der Waals surface area (Å²) in [6.45, 7) is 7.03. The van der Waals surface area contributed by atoms with E-state index in [-0.39, 0.29) is 0 Å². The number of nitrogens with zero attached hydrogens (tertiary/aromatic N) is 3. The number of nitriles is 1. The normalized spacial score (nSPS) is 9.94. The molecule has 0 spiro atoms. The van der Waals surface area contributed by atoms with Crippen LogP contribution >= 0.6 is 0 Å². The van der Waals surface area contributed by atoms with Crippen LogP contribution in [0.2, 0.25) is 0 Å². The molecule has 1 aromatic heterocycles. The van der Waals surface area contributed by atoms with Crippen LogP contribution in [0.4, 0.5) is 11.6 Å². The fraction of sp³-hybridized carbons (Fsp3) is 0.545. The summed E-state index contributed by atoms with van der Waals surface area (Å²) >= 11 is 0. The summed E-state index contributed by atoms with van der Waals surface area (Å²) in [4.78, 5) is 8.32. The molecule has 0 aliphatic heterocycles. The molecule has 0 saturated carbocycles. The van der Waals surface area contributed by atoms with Crippen LogP contribution in [0.15, 0.2) is 6.07 Å². The third-order valence-corrected chi connectivity index (χ3v) is 2.05. The van der Waals surface area contributed by atoms with Crippen LogP contribution in [0.25, 0.3) is 0 Å². The Bertz CT molecular complexity index is 380. The van der Waals surface area contributed by atoms with Gasteiger partial charge in [0.2, 0.25) is 0 Å². The molecule has 5 heteroatoms. The second-order valence-corrected chi connectivity index (χ2v) is 4.03. The SMILES string of the molecule is Cc1nc(NC#N)cc(NCCC(C)C)n1. The number of aryl methyl sites for hydroxylation is 1. The van der Waals surface area contributed by atoms with Crippen molar-refractivity contribution in [2.75, 3.05) is 17.2 Å². The van der Waals surface area contributed by atoms with Crippen LogP contribution in [0, 0.1) is 24.3 Å². The fourth-order valence-electron chi connectivity index (χ4n) is 1.27. The third-order valence-electron chi connectivity index (χ3n) is 2.05. The van der Waals surface area contributed by atoms with Crippen LogP contribution in [0.1, 0.15) is 26.1 Å². The molecule has 0 fully saturated rings. The van der Waals surface area contributed by atoms with E-state index in [9.17, 15) is 0 Å². The summed E-state index contributed by atoms with van der Waals surface area (Å²) in [7, 11) is 0. The van der Waals surface area contributed by atoms with E-state index in [1.807, 2.05) is 6.19 Å². The highest BCUT2D eigenvalue weighted by Gasteiger charge is 2.01. The number of nitrogens with one attached hydrogen (secondary N) is 2. The standard InChI is InChI=1S/C11H17N5/c1-8(2)4-5-13-10-6-11(14-7-12)16-9(3)15-10/h6,8H,4-5H2,1-3H3,(H2,13,14,15,16). The van der Waals surface area contributed by atoms with Gasteiger partial charge < -0.3 is 5.32 Å². The maximum absolute atomic E-state index is 8.51. The number of hydrogen-bond acceptors (Lipinski definition) is 5. The van der Waals surface area contributed by atoms with Crippen molar-refractivity contribution < 1.29 is 0 Å². The van der Waals surface area contributed by atoms with Gasteiger partial charge in [0.1, 0.15) is 17.5 Å². The zero-order chi connectivity index (χ0) is 12.0. The summed E-state index contributed by atoms with van der Waals surface area (Å²) in [5.74, 6) is 2.59. The lowest BCUT2D eigenvalue weighted by atomic mass is 10.1. The number of aromatic nitrogens is 2. The zero-order valence-electron chi connectivity index (χ0n) is 9.91. The number of rotatable bonds is 5. The molecule has 0 radical (unpaired) electrons. The molecule has 0 bridgehead atoms. The minimum atomic E-state index is 0.530. The first-order valence-corrected chi connectivity index (χ1v) is 5.36. The van der Waals surface area contributed by atoms with Crippen molar-refractivity contribution in [3.63, 3.8) is 0 Å². The van der Waals surface area contributed by atoms with Crippen molar-refractivity contribution in [2.24, 2.45) is 5.92 Å². The van der Waals surface area contributed by atoms with Gasteiger partial charge in [-0.2, -0.15) is 5.26 Å². The van der Waals surface area contributed by atoms with Crippen molar-refractivity contribution in [3.8, 4) is 6.19 Å². The molecule has 0 aliphatic carbocycles. The van der Waals surface area contributed by atoms with E-state index in [0.717, 1.165) is 18.8 Å². The van der Waals surface area contributed by atoms with Gasteiger partial charge in [-0.3, -0.25) is 5.32 Å². The van der Waals surface area contributed by atoms with Crippen LogP contribution in [0.3, 0.4) is 0 Å². The Balaban J connectivity index is 2.62. The lowest BCUT2D eigenvalue weighted by Gasteiger charge is -2.08. The molecule has 16 heavy (non-hydrogen) atoms. The first-order chi connectivity index (χ1) is 7.61. The molecule has 86 valence electrons. The molecule has 0 aliphatic rings. The molecular formula is C11H17N5. The van der Waals surface area contributed by atoms with Crippen molar-refractivity contribution >= 4 is 11.6 Å². The number of anilines is 2. The zero-order valence-corrected chi connectivity index (χ0v) is 9.91. The van der Waals surface area contributed by atoms with Gasteiger partial charge in [-0.1, -0.05) is 13.8 Å². The molecular weight excluding hydrogens is 202 g/mol. The van der Waals surface area contributed by atoms with Crippen LogP contribution < -0.4 is 10.6 Å². The van der Waals surface area contributed by atoms with Gasteiger partial charge in [0, 0.05) is 12.6 Å². The van der Waals surface area contributed by atoms with E-state index < -0.39 is 0 Å². The second-order valence-electron chi connectivity index (χ2n) is 4.03. The van der Waals surface area contributed by atoms with E-state index in [1.54, 1.807) is 13.0 Å². The van der Waals surface area contributed by atoms with E-state index >= 15 is 0 Å². The minimum Gasteiger partial charge on any atom is -0.370 e. The Morgan fingerprint density at radius 2 is 2.06 bits per heavy atom. The molecule has 5 nitrogen and oxygen atoms in total. The Kier molecular flexibility index (Phi) is 4.52. The average molecular weight is 219 g/mol. The highest BCUT2D eigenvalue weighted by Crippen LogP contribution is 2.11. The second kappa shape index (κ2) is 5.91. The lowest BCUT2D eigenvalue weighted by molar-refractivity contribution is 0.606. The third kappa shape index (κ3) is 4.13. The maximum Gasteiger partial charge on any atom is 0.182 e. The van der Waals surface area contributed by atoms with Gasteiger partial charge >= 0.3 is 0 Å². The fourth-order valence-corrected chi connectivity index (χ4v) is 1.27. The van der Waals surface area contributed by atoms with Crippen molar-refractivity contribution in [1.29, 1.82) is 5.26 Å². The van der Waals surface area contributed by atoms with Gasteiger partial charge in [0.05, 0.1) is 0 Å². The Morgan fingerprint density at radius 3 is 2.69 bits per heavy atom. The predicted molar refractivity (Wildman–Crippen MR) is 63.9 cm³/mol. The highest BCUT2D eigenvalue weighted by molar-refractivity contribution is 5.49. The molecule has 0 atom stereocenters. The van der Waals surface area contributed by atoms with E-state index in [2.05, 4.69) is 34.4 Å². The van der Waals surface area contributed by atoms with Crippen LogP contribution in [-0.4, -0.2) is 16.5 Å². The van der Waals surface area contributed by atoms with Gasteiger partial charge in [-0.05, 0) is 19.3 Å². The Morgan fingerprint density at radius 1 is 1.38 bits per heavy atom. The molecule has 1 heterocycles. The quantitative estimate of drug-likeness (QED) is 0.586. The minimum absolute atomic E-state index is 0.530. The van der Waals surface area contributed by atoms with Gasteiger partial charge in [-0.25, -0.2) is 9.97 Å². The van der Waals surface area contributed by atoms with Crippen LogP contribution in [-0.2, 0) is 0 Å². The average Bonchev–Trinajstić information content (AvgIpc) is 2.16. The first-order valence-electron chi connectivity index (χ1n) is 5.36. The Hall–Kier alpha value is -1.83. The topological polar surface area (TPSA) is 73.6 Å². The van der Waals surface area contributed by atoms with Gasteiger partial charge in [-0.15, -0.1) is 0 Å². The first kappa shape index (κ1) is 12.2. The largest absolute Gasteiger partial charge is 0.370 e. The summed E-state index contributed by atoms with van der Waals surface area (Å²) in [5, 5.41) is 14.2. The van der Waals surface area contributed by atoms with Crippen molar-refractivity contribution in [2.45, 2.75) is 27.2 Å². The smallest absolute Gasteiger partial charge is 0.182 e. The molecule has 0 saturated heterocycles. The lowest BCUT2D eigenvalue weighted by Crippen LogP contribution is -2.08. The summed E-state index contributed by atoms with van der Waals surface area (Å²) in [5.41, 5.74) is 0. The highest BCUT2D eigenvalue weighted by atomic mass is 15.1. The van der Waals surface area contributed by atoms with Crippen LogP contribution in [0.5, 0.6) is 0 Å². The van der Waals surface area contributed by atoms with Crippen molar-refractivity contribution in [1.82, 2.24) is 9.97 Å². The van der Waals surface area contributed by atoms with Gasteiger partial charge in [0.25, 0.3) is 0 Å². The van der Waals surface area contributed by atoms with E-state index in [1.165, 1.54) is 0 Å². The molecule has 0 unspecified atom stereocenters. The molecule has 2 N–H and O–H groups in total. The molecule has 0 amide bonds. The van der Waals surface area contributed by atoms with E-state index in [4.69, 9.17) is 5.26 Å². The summed E-state index contributed by atoms with van der Waals surface area (Å²) in [6.07, 6.45) is 2.93. The monoisotopic (exact) mass is 219 g/mol. The van der Waals surface area contributed by atoms with E-state index in [0.29, 0.717) is 17.6 Å². The molecule has 1 rings (SSSR count). The van der Waals surface area contributed by atoms with Crippen molar-refractivity contribution in [3.05, 3.63) is 11.9 Å². The maximum atomic E-state index is 8.51. The molecule has 1 aromatic rings. The summed E-state index contributed by atoms with van der Waals surface area (Å²) < 4.78 is 0. The number of hydrogen-bond donors (Lipinski definition) is 2. The summed E-state index contributed by atoms with van der Waals surface area (Å²) in [6, 6.07) is 1.73. The predicted octanol–water partition coefficient (Wildman–Crippen LogP) is 2.14.